The van der Waals surface area contributed by atoms with Crippen molar-refractivity contribution in [1.29, 1.82) is 0 Å². The standard InChI is InChI=1S/C20H30N2O2/c1-5-8-17(20(24)19-14-13-16(4)21-22-19)10-7-12-18(23)11-6-9-15(2)3/h13-14,17H,2,5-12H2,1,3-4H3. The number of aryl methyl sites for hydroxylation is 1. The van der Waals surface area contributed by atoms with Crippen LogP contribution < -0.4 is 0 Å². The minimum Gasteiger partial charge on any atom is -0.300 e. The van der Waals surface area contributed by atoms with E-state index in [0.717, 1.165) is 49.8 Å². The number of hydrogen-bond acceptors (Lipinski definition) is 4. The van der Waals surface area contributed by atoms with E-state index in [4.69, 9.17) is 0 Å². The van der Waals surface area contributed by atoms with E-state index in [2.05, 4.69) is 23.7 Å². The molecule has 0 saturated heterocycles. The zero-order chi connectivity index (χ0) is 17.9. The monoisotopic (exact) mass is 330 g/mol. The van der Waals surface area contributed by atoms with Crippen LogP contribution >= 0.6 is 0 Å². The third kappa shape index (κ3) is 7.62. The number of ketones is 2. The molecule has 0 bridgehead atoms. The fourth-order valence-corrected chi connectivity index (χ4v) is 2.75. The maximum atomic E-state index is 12.6. The first-order valence-electron chi connectivity index (χ1n) is 8.94. The van der Waals surface area contributed by atoms with Crippen molar-refractivity contribution < 1.29 is 9.59 Å². The normalized spacial score (nSPS) is 12.0. The van der Waals surface area contributed by atoms with Gasteiger partial charge in [0, 0.05) is 18.8 Å². The zero-order valence-corrected chi connectivity index (χ0v) is 15.3. The molecule has 1 aromatic heterocycles. The van der Waals surface area contributed by atoms with E-state index in [0.29, 0.717) is 18.5 Å². The fraction of sp³-hybridized carbons (Fsp3) is 0.600. The molecule has 4 nitrogen and oxygen atoms in total. The Kier molecular flexibility index (Phi) is 9.13. The molecule has 0 amide bonds. The average Bonchev–Trinajstić information content (AvgIpc) is 2.54. The molecule has 132 valence electrons. The van der Waals surface area contributed by atoms with E-state index in [1.165, 1.54) is 0 Å². The molecule has 4 heteroatoms. The quantitative estimate of drug-likeness (QED) is 0.405. The van der Waals surface area contributed by atoms with Crippen LogP contribution in [0.15, 0.2) is 24.3 Å². The van der Waals surface area contributed by atoms with Crippen LogP contribution in [0.1, 0.15) is 81.4 Å². The van der Waals surface area contributed by atoms with Crippen molar-refractivity contribution in [1.82, 2.24) is 10.2 Å². The summed E-state index contributed by atoms with van der Waals surface area (Å²) in [6.45, 7) is 9.76. The fourth-order valence-electron chi connectivity index (χ4n) is 2.75. The van der Waals surface area contributed by atoms with Gasteiger partial charge < -0.3 is 0 Å². The van der Waals surface area contributed by atoms with Gasteiger partial charge in [-0.2, -0.15) is 5.10 Å². The number of hydrogen-bond donors (Lipinski definition) is 0. The summed E-state index contributed by atoms with van der Waals surface area (Å²) in [5, 5.41) is 7.97. The number of allylic oxidation sites excluding steroid dienone is 1. The Morgan fingerprint density at radius 1 is 1.08 bits per heavy atom. The number of carbonyl (C=O) groups excluding carboxylic acids is 2. The van der Waals surface area contributed by atoms with Crippen molar-refractivity contribution in [2.45, 2.75) is 72.1 Å². The second kappa shape index (κ2) is 10.8. The van der Waals surface area contributed by atoms with Crippen LogP contribution in [0.25, 0.3) is 0 Å². The minimum absolute atomic E-state index is 0.0547. The van der Waals surface area contributed by atoms with Gasteiger partial charge >= 0.3 is 0 Å². The number of aromatic nitrogens is 2. The Morgan fingerprint density at radius 2 is 1.79 bits per heavy atom. The molecule has 1 atom stereocenters. The maximum Gasteiger partial charge on any atom is 0.186 e. The number of Topliss-reactive ketones (excluding diaryl/α,β-unsaturated/α-hetero) is 2. The summed E-state index contributed by atoms with van der Waals surface area (Å²) in [5.41, 5.74) is 2.36. The second-order valence-corrected chi connectivity index (χ2v) is 6.65. The predicted molar refractivity (Wildman–Crippen MR) is 97.0 cm³/mol. The highest BCUT2D eigenvalue weighted by Gasteiger charge is 2.20. The molecule has 0 aliphatic carbocycles. The molecule has 1 rings (SSSR count). The van der Waals surface area contributed by atoms with Gasteiger partial charge in [-0.25, -0.2) is 0 Å². The molecule has 24 heavy (non-hydrogen) atoms. The number of carbonyl (C=O) groups is 2. The molecule has 0 aromatic carbocycles. The first-order valence-corrected chi connectivity index (χ1v) is 8.94. The van der Waals surface area contributed by atoms with Crippen molar-refractivity contribution in [2.75, 3.05) is 0 Å². The first kappa shape index (κ1) is 20.2. The molecule has 0 radical (unpaired) electrons. The summed E-state index contributed by atoms with van der Waals surface area (Å²) >= 11 is 0. The van der Waals surface area contributed by atoms with Gasteiger partial charge in [-0.05, 0) is 58.1 Å². The minimum atomic E-state index is -0.0600. The predicted octanol–water partition coefficient (Wildman–Crippen LogP) is 4.87. The molecule has 0 aliphatic heterocycles. The van der Waals surface area contributed by atoms with Crippen molar-refractivity contribution in [3.05, 3.63) is 35.7 Å². The van der Waals surface area contributed by atoms with E-state index in [-0.39, 0.29) is 17.5 Å². The largest absolute Gasteiger partial charge is 0.300 e. The first-order chi connectivity index (χ1) is 11.4. The van der Waals surface area contributed by atoms with Gasteiger partial charge in [-0.15, -0.1) is 11.7 Å². The van der Waals surface area contributed by atoms with Gasteiger partial charge in [0.25, 0.3) is 0 Å². The molecule has 0 spiro atoms. The van der Waals surface area contributed by atoms with Crippen molar-refractivity contribution in [2.24, 2.45) is 5.92 Å². The van der Waals surface area contributed by atoms with Gasteiger partial charge in [-0.1, -0.05) is 18.9 Å². The lowest BCUT2D eigenvalue weighted by molar-refractivity contribution is -0.119. The molecular weight excluding hydrogens is 300 g/mol. The molecule has 0 aliphatic rings. The summed E-state index contributed by atoms with van der Waals surface area (Å²) in [4.78, 5) is 24.5. The number of rotatable bonds is 12. The lowest BCUT2D eigenvalue weighted by Gasteiger charge is -2.14. The van der Waals surface area contributed by atoms with Crippen molar-refractivity contribution in [3.8, 4) is 0 Å². The SMILES string of the molecule is C=C(C)CCCC(=O)CCCC(CCC)C(=O)c1ccc(C)nn1. The summed E-state index contributed by atoms with van der Waals surface area (Å²) in [7, 11) is 0. The Hall–Kier alpha value is -1.84. The molecule has 1 unspecified atom stereocenters. The highest BCUT2D eigenvalue weighted by molar-refractivity contribution is 5.95. The van der Waals surface area contributed by atoms with E-state index in [9.17, 15) is 9.59 Å². The maximum absolute atomic E-state index is 12.6. The van der Waals surface area contributed by atoms with Crippen molar-refractivity contribution in [3.63, 3.8) is 0 Å². The molecule has 0 fully saturated rings. The third-order valence-corrected chi connectivity index (χ3v) is 4.13. The Balaban J connectivity index is 2.45. The zero-order valence-electron chi connectivity index (χ0n) is 15.3. The lowest BCUT2D eigenvalue weighted by Crippen LogP contribution is -2.17. The van der Waals surface area contributed by atoms with E-state index in [1.54, 1.807) is 6.07 Å². The van der Waals surface area contributed by atoms with Gasteiger partial charge in [0.05, 0.1) is 5.69 Å². The summed E-state index contributed by atoms with van der Waals surface area (Å²) in [6, 6.07) is 3.56. The Bertz CT molecular complexity index is 549. The topological polar surface area (TPSA) is 59.9 Å². The van der Waals surface area contributed by atoms with Gasteiger partial charge in [-0.3, -0.25) is 9.59 Å². The van der Waals surface area contributed by atoms with Crippen LogP contribution in [0.5, 0.6) is 0 Å². The van der Waals surface area contributed by atoms with Crippen LogP contribution in [0.4, 0.5) is 0 Å². The summed E-state index contributed by atoms with van der Waals surface area (Å²) in [6.07, 6.45) is 6.25. The molecular formula is C20H30N2O2. The Morgan fingerprint density at radius 3 is 2.38 bits per heavy atom. The van der Waals surface area contributed by atoms with Crippen LogP contribution in [0, 0.1) is 12.8 Å². The second-order valence-electron chi connectivity index (χ2n) is 6.65. The van der Waals surface area contributed by atoms with Crippen LogP contribution in [0.2, 0.25) is 0 Å². The van der Waals surface area contributed by atoms with E-state index < -0.39 is 0 Å². The highest BCUT2D eigenvalue weighted by Crippen LogP contribution is 2.20. The van der Waals surface area contributed by atoms with Crippen molar-refractivity contribution >= 4 is 11.6 Å². The van der Waals surface area contributed by atoms with Gasteiger partial charge in [0.15, 0.2) is 5.78 Å². The van der Waals surface area contributed by atoms with Crippen LogP contribution in [-0.2, 0) is 4.79 Å². The highest BCUT2D eigenvalue weighted by atomic mass is 16.1. The smallest absolute Gasteiger partial charge is 0.186 e. The molecule has 1 aromatic rings. The Labute approximate surface area is 145 Å². The third-order valence-electron chi connectivity index (χ3n) is 4.13. The summed E-state index contributed by atoms with van der Waals surface area (Å²) < 4.78 is 0. The van der Waals surface area contributed by atoms with Gasteiger partial charge in [0.1, 0.15) is 11.5 Å². The molecule has 0 N–H and O–H groups in total. The molecule has 1 heterocycles. The average molecular weight is 330 g/mol. The van der Waals surface area contributed by atoms with E-state index in [1.807, 2.05) is 19.9 Å². The molecule has 0 saturated carbocycles. The van der Waals surface area contributed by atoms with Crippen LogP contribution in [0.3, 0.4) is 0 Å². The number of nitrogens with zero attached hydrogens (tertiary/aromatic N) is 2. The van der Waals surface area contributed by atoms with Gasteiger partial charge in [0.2, 0.25) is 0 Å². The summed E-state index contributed by atoms with van der Waals surface area (Å²) in [5.74, 6) is 0.281. The lowest BCUT2D eigenvalue weighted by atomic mass is 9.90. The van der Waals surface area contributed by atoms with Crippen LogP contribution in [-0.4, -0.2) is 21.8 Å². The van der Waals surface area contributed by atoms with E-state index >= 15 is 0 Å².